The first-order valence-corrected chi connectivity index (χ1v) is 5.88. The Kier molecular flexibility index (Phi) is 4.46. The highest BCUT2D eigenvalue weighted by Crippen LogP contribution is 2.29. The molecule has 15 heavy (non-hydrogen) atoms. The topological polar surface area (TPSA) is 9.23 Å². The Bertz CT molecular complexity index is 330. The van der Waals surface area contributed by atoms with Crippen LogP contribution in [0.25, 0.3) is 0 Å². The van der Waals surface area contributed by atoms with Gasteiger partial charge in [0.2, 0.25) is 0 Å². The molecule has 0 aliphatic rings. The molecule has 0 aromatic heterocycles. The Hall–Kier alpha value is -0.690. The number of ether oxygens (including phenoxy) is 1. The molecule has 1 aromatic carbocycles. The predicted molar refractivity (Wildman–Crippen MR) is 66.2 cm³/mol. The summed E-state index contributed by atoms with van der Waals surface area (Å²) in [5, 5.41) is 0. The van der Waals surface area contributed by atoms with Gasteiger partial charge in [-0.3, -0.25) is 0 Å². The summed E-state index contributed by atoms with van der Waals surface area (Å²) < 4.78 is 5.29. The van der Waals surface area contributed by atoms with Crippen LogP contribution < -0.4 is 4.74 Å². The molecule has 0 saturated heterocycles. The number of rotatable bonds is 4. The third kappa shape index (κ3) is 2.66. The Morgan fingerprint density at radius 1 is 1.27 bits per heavy atom. The standard InChI is InChI=1S/C13H19ClO/c1-5-11(8-14)12-6-10(3)13(15-4)7-9(12)2/h6-7,11H,5,8H2,1-4H3. The lowest BCUT2D eigenvalue weighted by atomic mass is 9.92. The van der Waals surface area contributed by atoms with E-state index in [2.05, 4.69) is 32.9 Å². The van der Waals surface area contributed by atoms with Gasteiger partial charge in [0, 0.05) is 5.88 Å². The van der Waals surface area contributed by atoms with Gasteiger partial charge in [-0.15, -0.1) is 11.6 Å². The molecule has 1 unspecified atom stereocenters. The summed E-state index contributed by atoms with van der Waals surface area (Å²) in [5.74, 6) is 2.10. The molecule has 0 N–H and O–H groups in total. The summed E-state index contributed by atoms with van der Waals surface area (Å²) in [5.41, 5.74) is 3.80. The van der Waals surface area contributed by atoms with Crippen LogP contribution in [0.2, 0.25) is 0 Å². The Morgan fingerprint density at radius 3 is 2.40 bits per heavy atom. The molecule has 1 rings (SSSR count). The second-order valence-corrected chi connectivity index (χ2v) is 4.25. The zero-order chi connectivity index (χ0) is 11.4. The molecular formula is C13H19ClO. The molecule has 0 bridgehead atoms. The monoisotopic (exact) mass is 226 g/mol. The highest BCUT2D eigenvalue weighted by molar-refractivity contribution is 6.18. The number of benzene rings is 1. The second-order valence-electron chi connectivity index (χ2n) is 3.94. The molecule has 1 atom stereocenters. The lowest BCUT2D eigenvalue weighted by Crippen LogP contribution is -2.03. The highest BCUT2D eigenvalue weighted by Gasteiger charge is 2.12. The summed E-state index contributed by atoms with van der Waals surface area (Å²) in [4.78, 5) is 0. The first kappa shape index (κ1) is 12.4. The molecule has 0 fully saturated rings. The minimum atomic E-state index is 0.455. The number of aryl methyl sites for hydroxylation is 2. The average molecular weight is 227 g/mol. The highest BCUT2D eigenvalue weighted by atomic mass is 35.5. The van der Waals surface area contributed by atoms with Crippen molar-refractivity contribution in [1.82, 2.24) is 0 Å². The third-order valence-electron chi connectivity index (χ3n) is 2.90. The van der Waals surface area contributed by atoms with Crippen molar-refractivity contribution < 1.29 is 4.74 Å². The molecular weight excluding hydrogens is 208 g/mol. The van der Waals surface area contributed by atoms with Gasteiger partial charge >= 0.3 is 0 Å². The van der Waals surface area contributed by atoms with Crippen molar-refractivity contribution in [3.8, 4) is 5.75 Å². The summed E-state index contributed by atoms with van der Waals surface area (Å²) >= 11 is 5.97. The van der Waals surface area contributed by atoms with Crippen LogP contribution in [-0.2, 0) is 0 Å². The van der Waals surface area contributed by atoms with Crippen molar-refractivity contribution >= 4 is 11.6 Å². The number of hydrogen-bond acceptors (Lipinski definition) is 1. The van der Waals surface area contributed by atoms with Gasteiger partial charge in [-0.05, 0) is 48.9 Å². The molecule has 0 radical (unpaired) electrons. The van der Waals surface area contributed by atoms with Crippen molar-refractivity contribution in [2.75, 3.05) is 13.0 Å². The van der Waals surface area contributed by atoms with E-state index in [-0.39, 0.29) is 0 Å². The van der Waals surface area contributed by atoms with E-state index in [0.29, 0.717) is 11.8 Å². The second kappa shape index (κ2) is 5.41. The average Bonchev–Trinajstić information content (AvgIpc) is 2.24. The quantitative estimate of drug-likeness (QED) is 0.704. The lowest BCUT2D eigenvalue weighted by molar-refractivity contribution is 0.411. The van der Waals surface area contributed by atoms with Crippen LogP contribution in [0, 0.1) is 13.8 Å². The van der Waals surface area contributed by atoms with Gasteiger partial charge in [0.05, 0.1) is 7.11 Å². The largest absolute Gasteiger partial charge is 0.496 e. The first-order chi connectivity index (χ1) is 7.13. The molecule has 84 valence electrons. The maximum Gasteiger partial charge on any atom is 0.122 e. The van der Waals surface area contributed by atoms with E-state index in [0.717, 1.165) is 12.2 Å². The van der Waals surface area contributed by atoms with E-state index in [9.17, 15) is 0 Å². The number of halogens is 1. The van der Waals surface area contributed by atoms with Crippen molar-refractivity contribution in [3.05, 3.63) is 28.8 Å². The van der Waals surface area contributed by atoms with Gasteiger partial charge in [0.15, 0.2) is 0 Å². The Morgan fingerprint density at radius 2 is 1.93 bits per heavy atom. The van der Waals surface area contributed by atoms with E-state index in [1.807, 2.05) is 0 Å². The normalized spacial score (nSPS) is 12.6. The Balaban J connectivity index is 3.14. The fourth-order valence-corrected chi connectivity index (χ4v) is 2.27. The zero-order valence-electron chi connectivity index (χ0n) is 9.93. The summed E-state index contributed by atoms with van der Waals surface area (Å²) in [6.07, 6.45) is 1.08. The number of methoxy groups -OCH3 is 1. The number of hydrogen-bond donors (Lipinski definition) is 0. The maximum absolute atomic E-state index is 5.97. The molecule has 0 saturated carbocycles. The van der Waals surface area contributed by atoms with Gasteiger partial charge in [-0.25, -0.2) is 0 Å². The van der Waals surface area contributed by atoms with Crippen molar-refractivity contribution in [2.45, 2.75) is 33.1 Å². The van der Waals surface area contributed by atoms with Crippen molar-refractivity contribution in [3.63, 3.8) is 0 Å². The van der Waals surface area contributed by atoms with Crippen LogP contribution in [-0.4, -0.2) is 13.0 Å². The van der Waals surface area contributed by atoms with Crippen LogP contribution in [0.15, 0.2) is 12.1 Å². The SMILES string of the molecule is CCC(CCl)c1cc(C)c(OC)cc1C. The Labute approximate surface area is 97.4 Å². The van der Waals surface area contributed by atoms with Crippen LogP contribution in [0.1, 0.15) is 36.0 Å². The van der Waals surface area contributed by atoms with Gasteiger partial charge in [0.1, 0.15) is 5.75 Å². The third-order valence-corrected chi connectivity index (χ3v) is 3.27. The van der Waals surface area contributed by atoms with Gasteiger partial charge in [-0.1, -0.05) is 13.0 Å². The molecule has 0 aliphatic heterocycles. The fourth-order valence-electron chi connectivity index (χ4n) is 1.88. The fraction of sp³-hybridized carbons (Fsp3) is 0.538. The van der Waals surface area contributed by atoms with E-state index in [1.54, 1.807) is 7.11 Å². The lowest BCUT2D eigenvalue weighted by Gasteiger charge is -2.17. The minimum Gasteiger partial charge on any atom is -0.496 e. The first-order valence-electron chi connectivity index (χ1n) is 5.35. The van der Waals surface area contributed by atoms with Crippen LogP contribution in [0.4, 0.5) is 0 Å². The summed E-state index contributed by atoms with van der Waals surface area (Å²) in [6, 6.07) is 4.30. The molecule has 1 nitrogen and oxygen atoms in total. The van der Waals surface area contributed by atoms with E-state index in [1.165, 1.54) is 16.7 Å². The van der Waals surface area contributed by atoms with Crippen LogP contribution in [0.5, 0.6) is 5.75 Å². The predicted octanol–water partition coefficient (Wildman–Crippen LogP) is 4.04. The minimum absolute atomic E-state index is 0.455. The smallest absolute Gasteiger partial charge is 0.122 e. The molecule has 1 aromatic rings. The van der Waals surface area contributed by atoms with Crippen molar-refractivity contribution in [1.29, 1.82) is 0 Å². The molecule has 0 amide bonds. The van der Waals surface area contributed by atoms with E-state index in [4.69, 9.17) is 16.3 Å². The van der Waals surface area contributed by atoms with Crippen LogP contribution >= 0.6 is 11.6 Å². The van der Waals surface area contributed by atoms with Gasteiger partial charge in [0.25, 0.3) is 0 Å². The number of alkyl halides is 1. The summed E-state index contributed by atoms with van der Waals surface area (Å²) in [7, 11) is 1.71. The van der Waals surface area contributed by atoms with Crippen molar-refractivity contribution in [2.24, 2.45) is 0 Å². The molecule has 2 heteroatoms. The van der Waals surface area contributed by atoms with E-state index >= 15 is 0 Å². The maximum atomic E-state index is 5.97. The molecule has 0 spiro atoms. The summed E-state index contributed by atoms with van der Waals surface area (Å²) in [6.45, 7) is 6.36. The van der Waals surface area contributed by atoms with Crippen LogP contribution in [0.3, 0.4) is 0 Å². The van der Waals surface area contributed by atoms with Gasteiger partial charge < -0.3 is 4.74 Å². The van der Waals surface area contributed by atoms with Gasteiger partial charge in [-0.2, -0.15) is 0 Å². The van der Waals surface area contributed by atoms with E-state index < -0.39 is 0 Å². The molecule has 0 aliphatic carbocycles. The zero-order valence-corrected chi connectivity index (χ0v) is 10.7. The molecule has 0 heterocycles.